The minimum atomic E-state index is -0.945. The maximum Gasteiger partial charge on any atom is 0.317 e. The van der Waals surface area contributed by atoms with Crippen molar-refractivity contribution in [2.45, 2.75) is 18.6 Å². The van der Waals surface area contributed by atoms with E-state index in [0.717, 1.165) is 17.3 Å². The first-order valence-electron chi connectivity index (χ1n) is 4.53. The highest BCUT2D eigenvalue weighted by atomic mass is 32.2. The Hall–Kier alpha value is -1.29. The van der Waals surface area contributed by atoms with Gasteiger partial charge in [-0.15, -0.1) is 0 Å². The van der Waals surface area contributed by atoms with Gasteiger partial charge >= 0.3 is 5.97 Å². The van der Waals surface area contributed by atoms with Crippen LogP contribution in [0.4, 0.5) is 0 Å². The number of rotatable bonds is 4. The van der Waals surface area contributed by atoms with Gasteiger partial charge in [0.05, 0.1) is 0 Å². The molecule has 80 valence electrons. The molecule has 15 heavy (non-hydrogen) atoms. The van der Waals surface area contributed by atoms with Gasteiger partial charge < -0.3 is 5.11 Å². The SMILES string of the molecule is CC(=O)SC(Cc1ccccc1)C(=O)O. The maximum atomic E-state index is 10.9. The first-order valence-corrected chi connectivity index (χ1v) is 5.41. The zero-order valence-corrected chi connectivity index (χ0v) is 9.16. The Balaban J connectivity index is 2.67. The fourth-order valence-electron chi connectivity index (χ4n) is 1.21. The summed E-state index contributed by atoms with van der Waals surface area (Å²) in [5, 5.41) is 8.05. The van der Waals surface area contributed by atoms with Crippen LogP contribution in [0.3, 0.4) is 0 Å². The second-order valence-electron chi connectivity index (χ2n) is 3.13. The van der Waals surface area contributed by atoms with Crippen LogP contribution in [0.5, 0.6) is 0 Å². The molecule has 1 atom stereocenters. The van der Waals surface area contributed by atoms with Crippen molar-refractivity contribution in [3.05, 3.63) is 35.9 Å². The van der Waals surface area contributed by atoms with Gasteiger partial charge in [0.1, 0.15) is 5.25 Å². The molecule has 0 aromatic heterocycles. The van der Waals surface area contributed by atoms with Gasteiger partial charge in [0.2, 0.25) is 0 Å². The van der Waals surface area contributed by atoms with Crippen LogP contribution in [-0.4, -0.2) is 21.4 Å². The fraction of sp³-hybridized carbons (Fsp3) is 0.273. The molecule has 0 radical (unpaired) electrons. The van der Waals surface area contributed by atoms with E-state index in [1.165, 1.54) is 6.92 Å². The quantitative estimate of drug-likeness (QED) is 0.849. The van der Waals surface area contributed by atoms with E-state index < -0.39 is 11.2 Å². The number of carbonyl (C=O) groups excluding carboxylic acids is 1. The van der Waals surface area contributed by atoms with Gasteiger partial charge in [-0.05, 0) is 12.0 Å². The van der Waals surface area contributed by atoms with Crippen LogP contribution >= 0.6 is 11.8 Å². The molecule has 0 saturated carbocycles. The number of thioether (sulfide) groups is 1. The molecule has 0 aliphatic heterocycles. The summed E-state index contributed by atoms with van der Waals surface area (Å²) >= 11 is 0.864. The average molecular weight is 224 g/mol. The predicted molar refractivity (Wildman–Crippen MR) is 59.8 cm³/mol. The lowest BCUT2D eigenvalue weighted by atomic mass is 10.1. The molecule has 0 fully saturated rings. The molecule has 1 N–H and O–H groups in total. The normalized spacial score (nSPS) is 12.1. The molecule has 0 saturated heterocycles. The van der Waals surface area contributed by atoms with Gasteiger partial charge in [0, 0.05) is 6.92 Å². The molecule has 1 unspecified atom stereocenters. The van der Waals surface area contributed by atoms with E-state index in [0.29, 0.717) is 6.42 Å². The van der Waals surface area contributed by atoms with Gasteiger partial charge in [-0.2, -0.15) is 0 Å². The highest BCUT2D eigenvalue weighted by Gasteiger charge is 2.20. The predicted octanol–water partition coefficient (Wildman–Crippen LogP) is 1.96. The molecule has 0 spiro atoms. The Kier molecular flexibility index (Phi) is 4.37. The van der Waals surface area contributed by atoms with Crippen molar-refractivity contribution in [3.8, 4) is 0 Å². The third-order valence-corrected chi connectivity index (χ3v) is 2.83. The van der Waals surface area contributed by atoms with Crippen LogP contribution in [0.25, 0.3) is 0 Å². The Morgan fingerprint density at radius 3 is 2.40 bits per heavy atom. The van der Waals surface area contributed by atoms with Crippen molar-refractivity contribution < 1.29 is 14.7 Å². The van der Waals surface area contributed by atoms with Crippen LogP contribution in [0, 0.1) is 0 Å². The molecule has 0 aliphatic carbocycles. The molecule has 1 aromatic rings. The molecule has 1 aromatic carbocycles. The van der Waals surface area contributed by atoms with Crippen LogP contribution < -0.4 is 0 Å². The Labute approximate surface area is 92.5 Å². The summed E-state index contributed by atoms with van der Waals surface area (Å²) < 4.78 is 0. The van der Waals surface area contributed by atoms with Gasteiger partial charge in [-0.1, -0.05) is 42.1 Å². The first kappa shape index (κ1) is 11.8. The van der Waals surface area contributed by atoms with Crippen LogP contribution in [0.2, 0.25) is 0 Å². The highest BCUT2D eigenvalue weighted by molar-refractivity contribution is 8.14. The smallest absolute Gasteiger partial charge is 0.317 e. The molecule has 0 heterocycles. The fourth-order valence-corrected chi connectivity index (χ4v) is 1.99. The summed E-state index contributed by atoms with van der Waals surface area (Å²) in [7, 11) is 0. The van der Waals surface area contributed by atoms with E-state index in [9.17, 15) is 9.59 Å². The van der Waals surface area contributed by atoms with Crippen molar-refractivity contribution in [2.24, 2.45) is 0 Å². The number of carbonyl (C=O) groups is 2. The Morgan fingerprint density at radius 2 is 1.93 bits per heavy atom. The van der Waals surface area contributed by atoms with Crippen molar-refractivity contribution in [2.75, 3.05) is 0 Å². The minimum Gasteiger partial charge on any atom is -0.480 e. The van der Waals surface area contributed by atoms with E-state index in [1.807, 2.05) is 30.3 Å². The van der Waals surface area contributed by atoms with Crippen molar-refractivity contribution in [1.82, 2.24) is 0 Å². The Morgan fingerprint density at radius 1 is 1.33 bits per heavy atom. The molecule has 0 bridgehead atoms. The van der Waals surface area contributed by atoms with Gasteiger partial charge in [-0.25, -0.2) is 0 Å². The third kappa shape index (κ3) is 4.16. The molecular weight excluding hydrogens is 212 g/mol. The molecule has 3 nitrogen and oxygen atoms in total. The number of hydrogen-bond donors (Lipinski definition) is 1. The van der Waals surface area contributed by atoms with Crippen molar-refractivity contribution in [3.63, 3.8) is 0 Å². The lowest BCUT2D eigenvalue weighted by Crippen LogP contribution is -2.20. The average Bonchev–Trinajstić information content (AvgIpc) is 2.17. The lowest BCUT2D eigenvalue weighted by molar-refractivity contribution is -0.136. The largest absolute Gasteiger partial charge is 0.480 e. The number of aliphatic carboxylic acids is 1. The van der Waals surface area contributed by atoms with E-state index in [4.69, 9.17) is 5.11 Å². The number of benzene rings is 1. The monoisotopic (exact) mass is 224 g/mol. The van der Waals surface area contributed by atoms with Crippen LogP contribution in [-0.2, 0) is 16.0 Å². The Bertz CT molecular complexity index is 348. The zero-order valence-electron chi connectivity index (χ0n) is 8.34. The van der Waals surface area contributed by atoms with Gasteiger partial charge in [-0.3, -0.25) is 9.59 Å². The van der Waals surface area contributed by atoms with Crippen molar-refractivity contribution >= 4 is 22.8 Å². The van der Waals surface area contributed by atoms with E-state index in [1.54, 1.807) is 0 Å². The molecule has 4 heteroatoms. The second kappa shape index (κ2) is 5.56. The van der Waals surface area contributed by atoms with E-state index in [2.05, 4.69) is 0 Å². The van der Waals surface area contributed by atoms with Crippen LogP contribution in [0.15, 0.2) is 30.3 Å². The molecule has 1 rings (SSSR count). The summed E-state index contributed by atoms with van der Waals surface area (Å²) in [4.78, 5) is 21.7. The number of carboxylic acid groups (broad SMARTS) is 1. The van der Waals surface area contributed by atoms with Crippen molar-refractivity contribution in [1.29, 1.82) is 0 Å². The minimum absolute atomic E-state index is 0.168. The second-order valence-corrected chi connectivity index (χ2v) is 4.51. The summed E-state index contributed by atoms with van der Waals surface area (Å²) in [6.45, 7) is 1.38. The number of hydrogen-bond acceptors (Lipinski definition) is 3. The first-order chi connectivity index (χ1) is 7.09. The molecule has 0 aliphatic rings. The summed E-state index contributed by atoms with van der Waals surface area (Å²) in [6.07, 6.45) is 0.375. The van der Waals surface area contributed by atoms with Crippen LogP contribution in [0.1, 0.15) is 12.5 Å². The zero-order chi connectivity index (χ0) is 11.3. The maximum absolute atomic E-state index is 10.9. The molecule has 0 amide bonds. The summed E-state index contributed by atoms with van der Waals surface area (Å²) in [5.41, 5.74) is 0.929. The molecular formula is C11H12O3S. The lowest BCUT2D eigenvalue weighted by Gasteiger charge is -2.09. The third-order valence-electron chi connectivity index (χ3n) is 1.85. The highest BCUT2D eigenvalue weighted by Crippen LogP contribution is 2.17. The summed E-state index contributed by atoms with van der Waals surface area (Å²) in [6, 6.07) is 9.30. The summed E-state index contributed by atoms with van der Waals surface area (Å²) in [5.74, 6) is -0.945. The van der Waals surface area contributed by atoms with Gasteiger partial charge in [0.25, 0.3) is 0 Å². The standard InChI is InChI=1S/C11H12O3S/c1-8(12)15-10(11(13)14)7-9-5-3-2-4-6-9/h2-6,10H,7H2,1H3,(H,13,14). The van der Waals surface area contributed by atoms with E-state index >= 15 is 0 Å². The number of carboxylic acids is 1. The van der Waals surface area contributed by atoms with Gasteiger partial charge in [0.15, 0.2) is 5.12 Å². The van der Waals surface area contributed by atoms with E-state index in [-0.39, 0.29) is 5.12 Å². The topological polar surface area (TPSA) is 54.4 Å².